The number of nitrogens with one attached hydrogen (secondary N) is 2. The molecule has 2 aliphatic rings. The molecule has 2 fully saturated rings. The summed E-state index contributed by atoms with van der Waals surface area (Å²) in [4.78, 5) is 17.6. The van der Waals surface area contributed by atoms with E-state index in [0.717, 1.165) is 23.0 Å². The Morgan fingerprint density at radius 2 is 2.35 bits per heavy atom. The number of urea groups is 1. The minimum Gasteiger partial charge on any atom is -0.378 e. The van der Waals surface area contributed by atoms with Gasteiger partial charge in [-0.3, -0.25) is 0 Å². The van der Waals surface area contributed by atoms with E-state index in [0.29, 0.717) is 26.3 Å². The van der Waals surface area contributed by atoms with E-state index < -0.39 is 0 Å². The third-order valence-electron chi connectivity index (χ3n) is 4.57. The van der Waals surface area contributed by atoms with E-state index in [1.54, 1.807) is 0 Å². The molecule has 0 aliphatic carbocycles. The van der Waals surface area contributed by atoms with Crippen LogP contribution in [0.1, 0.15) is 13.3 Å². The number of anilines is 1. The molecule has 0 saturated carbocycles. The number of aromatic amines is 1. The Hall–Kier alpha value is -2.05. The second-order valence-corrected chi connectivity index (χ2v) is 6.50. The Balaban J connectivity index is 1.49. The predicted molar refractivity (Wildman–Crippen MR) is 87.6 cm³/mol. The molecule has 122 valence electrons. The number of rotatable bonds is 1. The van der Waals surface area contributed by atoms with Crippen LogP contribution in [0.3, 0.4) is 0 Å². The molecule has 0 bridgehead atoms. The van der Waals surface area contributed by atoms with Gasteiger partial charge in [0.15, 0.2) is 0 Å². The van der Waals surface area contributed by atoms with Crippen molar-refractivity contribution in [1.82, 2.24) is 9.88 Å². The first-order valence-electron chi connectivity index (χ1n) is 8.02. The van der Waals surface area contributed by atoms with Crippen LogP contribution in [0.4, 0.5) is 10.5 Å². The molecule has 2 saturated heterocycles. The maximum absolute atomic E-state index is 12.6. The van der Waals surface area contributed by atoms with Crippen LogP contribution in [-0.4, -0.2) is 53.9 Å². The number of ether oxygens (including phenoxy) is 2. The normalized spacial score (nSPS) is 27.7. The molecular weight excluding hydrogens is 294 g/mol. The molecular formula is C17H21N3O3. The minimum atomic E-state index is -0.335. The van der Waals surface area contributed by atoms with Gasteiger partial charge in [-0.25, -0.2) is 4.79 Å². The van der Waals surface area contributed by atoms with Gasteiger partial charge in [-0.2, -0.15) is 0 Å². The van der Waals surface area contributed by atoms with Gasteiger partial charge in [0, 0.05) is 37.0 Å². The summed E-state index contributed by atoms with van der Waals surface area (Å²) in [7, 11) is 0. The van der Waals surface area contributed by atoms with Gasteiger partial charge in [-0.05, 0) is 30.5 Å². The number of hydrogen-bond acceptors (Lipinski definition) is 3. The van der Waals surface area contributed by atoms with Gasteiger partial charge in [0.1, 0.15) is 5.60 Å². The van der Waals surface area contributed by atoms with E-state index in [9.17, 15) is 4.79 Å². The minimum absolute atomic E-state index is 0.0158. The smallest absolute Gasteiger partial charge is 0.322 e. The number of morpholine rings is 1. The molecule has 1 aromatic heterocycles. The summed E-state index contributed by atoms with van der Waals surface area (Å²) in [5.74, 6) is 0. The van der Waals surface area contributed by atoms with E-state index in [4.69, 9.17) is 9.47 Å². The Morgan fingerprint density at radius 1 is 1.43 bits per heavy atom. The molecule has 0 radical (unpaired) electrons. The highest BCUT2D eigenvalue weighted by Gasteiger charge is 2.44. The zero-order valence-electron chi connectivity index (χ0n) is 13.2. The lowest BCUT2D eigenvalue weighted by Crippen LogP contribution is -2.57. The van der Waals surface area contributed by atoms with Crippen molar-refractivity contribution in [2.24, 2.45) is 0 Å². The number of carbonyl (C=O) groups is 1. The maximum Gasteiger partial charge on any atom is 0.322 e. The Bertz CT molecular complexity index is 721. The molecule has 6 nitrogen and oxygen atoms in total. The second kappa shape index (κ2) is 5.54. The quantitative estimate of drug-likeness (QED) is 0.850. The number of aromatic nitrogens is 1. The van der Waals surface area contributed by atoms with Gasteiger partial charge >= 0.3 is 6.03 Å². The summed E-state index contributed by atoms with van der Waals surface area (Å²) < 4.78 is 11.5. The van der Waals surface area contributed by atoms with Crippen molar-refractivity contribution in [2.45, 2.75) is 25.0 Å². The number of carbonyl (C=O) groups excluding carboxylic acids is 1. The van der Waals surface area contributed by atoms with Gasteiger partial charge in [-0.15, -0.1) is 0 Å². The number of benzene rings is 1. The topological polar surface area (TPSA) is 66.6 Å². The van der Waals surface area contributed by atoms with Crippen LogP contribution in [-0.2, 0) is 9.47 Å². The summed E-state index contributed by atoms with van der Waals surface area (Å²) >= 11 is 0. The van der Waals surface area contributed by atoms with Crippen LogP contribution in [0, 0.1) is 0 Å². The molecule has 2 amide bonds. The van der Waals surface area contributed by atoms with Crippen LogP contribution in [0.25, 0.3) is 10.9 Å². The zero-order chi connectivity index (χ0) is 15.9. The SMILES string of the molecule is CC1CN(C(=O)Nc2ccc3cc[nH]c3c2)CC2(CCOC2)O1. The fourth-order valence-electron chi connectivity index (χ4n) is 3.51. The monoisotopic (exact) mass is 315 g/mol. The van der Waals surface area contributed by atoms with E-state index in [1.165, 1.54) is 0 Å². The van der Waals surface area contributed by atoms with E-state index >= 15 is 0 Å². The highest BCUT2D eigenvalue weighted by atomic mass is 16.6. The first-order valence-corrected chi connectivity index (χ1v) is 8.02. The second-order valence-electron chi connectivity index (χ2n) is 6.50. The molecule has 1 aromatic carbocycles. The Morgan fingerprint density at radius 3 is 3.17 bits per heavy atom. The lowest BCUT2D eigenvalue weighted by Gasteiger charge is -2.42. The van der Waals surface area contributed by atoms with Crippen molar-refractivity contribution in [3.05, 3.63) is 30.5 Å². The van der Waals surface area contributed by atoms with Crippen LogP contribution in [0.2, 0.25) is 0 Å². The van der Waals surface area contributed by atoms with Crippen molar-refractivity contribution in [3.8, 4) is 0 Å². The first-order chi connectivity index (χ1) is 11.1. The van der Waals surface area contributed by atoms with E-state index in [-0.39, 0.29) is 17.7 Å². The standard InChI is InChI=1S/C17H21N3O3/c1-12-9-20(10-17(23-12)5-7-22-11-17)16(21)19-14-3-2-13-4-6-18-15(13)8-14/h2-4,6,8,12,18H,5,7,9-11H2,1H3,(H,19,21). The Labute approximate surface area is 134 Å². The van der Waals surface area contributed by atoms with Gasteiger partial charge in [0.05, 0.1) is 19.3 Å². The summed E-state index contributed by atoms with van der Waals surface area (Å²) in [6.07, 6.45) is 2.75. The molecule has 1 spiro atoms. The molecule has 2 unspecified atom stereocenters. The highest BCUT2D eigenvalue weighted by molar-refractivity contribution is 5.92. The number of fused-ring (bicyclic) bond motifs is 1. The zero-order valence-corrected chi connectivity index (χ0v) is 13.2. The predicted octanol–water partition coefficient (Wildman–Crippen LogP) is 2.58. The van der Waals surface area contributed by atoms with Crippen molar-refractivity contribution < 1.29 is 14.3 Å². The fourth-order valence-corrected chi connectivity index (χ4v) is 3.51. The molecule has 2 atom stereocenters. The van der Waals surface area contributed by atoms with Crippen molar-refractivity contribution in [3.63, 3.8) is 0 Å². The van der Waals surface area contributed by atoms with Gasteiger partial charge in [0.25, 0.3) is 0 Å². The average molecular weight is 315 g/mol. The van der Waals surface area contributed by atoms with Crippen LogP contribution in [0.5, 0.6) is 0 Å². The van der Waals surface area contributed by atoms with Gasteiger partial charge in [-0.1, -0.05) is 6.07 Å². The van der Waals surface area contributed by atoms with Gasteiger partial charge in [0.2, 0.25) is 0 Å². The third kappa shape index (κ3) is 2.80. The molecule has 2 N–H and O–H groups in total. The summed E-state index contributed by atoms with van der Waals surface area (Å²) in [6, 6.07) is 7.79. The molecule has 4 rings (SSSR count). The van der Waals surface area contributed by atoms with Crippen LogP contribution >= 0.6 is 0 Å². The molecule has 2 aliphatic heterocycles. The number of nitrogens with zero attached hydrogens (tertiary/aromatic N) is 1. The molecule has 3 heterocycles. The van der Waals surface area contributed by atoms with Crippen molar-refractivity contribution in [2.75, 3.05) is 31.6 Å². The lowest BCUT2D eigenvalue weighted by atomic mass is 9.99. The third-order valence-corrected chi connectivity index (χ3v) is 4.57. The molecule has 6 heteroatoms. The van der Waals surface area contributed by atoms with E-state index in [2.05, 4.69) is 10.3 Å². The number of hydrogen-bond donors (Lipinski definition) is 2. The summed E-state index contributed by atoms with van der Waals surface area (Å²) in [5.41, 5.74) is 1.47. The highest BCUT2D eigenvalue weighted by Crippen LogP contribution is 2.30. The lowest BCUT2D eigenvalue weighted by molar-refractivity contribution is -0.136. The summed E-state index contributed by atoms with van der Waals surface area (Å²) in [6.45, 7) is 4.44. The first kappa shape index (κ1) is 14.5. The largest absolute Gasteiger partial charge is 0.378 e. The number of H-pyrrole nitrogens is 1. The fraction of sp³-hybridized carbons (Fsp3) is 0.471. The average Bonchev–Trinajstić information content (AvgIpc) is 3.15. The molecule has 2 aromatic rings. The van der Waals surface area contributed by atoms with Gasteiger partial charge < -0.3 is 24.7 Å². The van der Waals surface area contributed by atoms with E-state index in [1.807, 2.05) is 42.3 Å². The molecule has 23 heavy (non-hydrogen) atoms. The van der Waals surface area contributed by atoms with Crippen molar-refractivity contribution >= 4 is 22.6 Å². The Kier molecular flexibility index (Phi) is 3.50. The van der Waals surface area contributed by atoms with Crippen LogP contribution in [0.15, 0.2) is 30.5 Å². The summed E-state index contributed by atoms with van der Waals surface area (Å²) in [5, 5.41) is 4.12. The van der Waals surface area contributed by atoms with Crippen LogP contribution < -0.4 is 5.32 Å². The maximum atomic E-state index is 12.6. The van der Waals surface area contributed by atoms with Crippen molar-refractivity contribution in [1.29, 1.82) is 0 Å². The number of amides is 2.